The van der Waals surface area contributed by atoms with E-state index in [2.05, 4.69) is 42.1 Å². The zero-order chi connectivity index (χ0) is 21.0. The molecule has 1 aromatic carbocycles. The van der Waals surface area contributed by atoms with Crippen molar-refractivity contribution < 1.29 is 4.79 Å². The maximum atomic E-state index is 12.8. The lowest BCUT2D eigenvalue weighted by atomic mass is 10.1. The summed E-state index contributed by atoms with van der Waals surface area (Å²) in [5, 5.41) is 12.0. The lowest BCUT2D eigenvalue weighted by molar-refractivity contribution is 0.0933. The average molecular weight is 417 g/mol. The Morgan fingerprint density at radius 2 is 1.68 bits per heavy atom. The van der Waals surface area contributed by atoms with E-state index in [0.29, 0.717) is 0 Å². The van der Waals surface area contributed by atoms with Crippen LogP contribution in [0.5, 0.6) is 0 Å². The Kier molecular flexibility index (Phi) is 5.65. The van der Waals surface area contributed by atoms with E-state index in [1.165, 1.54) is 24.9 Å². The van der Waals surface area contributed by atoms with Crippen LogP contribution in [-0.4, -0.2) is 44.8 Å². The van der Waals surface area contributed by atoms with Crippen molar-refractivity contribution in [2.24, 2.45) is 0 Å². The molecule has 1 fully saturated rings. The number of nitrogens with zero attached hydrogens (tertiary/aromatic N) is 5. The van der Waals surface area contributed by atoms with Crippen LogP contribution in [-0.2, 0) is 13.0 Å². The van der Waals surface area contributed by atoms with Gasteiger partial charge in [0.1, 0.15) is 5.82 Å². The molecular weight excluding hydrogens is 388 g/mol. The smallest absolute Gasteiger partial charge is 0.251 e. The van der Waals surface area contributed by atoms with Crippen LogP contribution in [0.3, 0.4) is 0 Å². The van der Waals surface area contributed by atoms with E-state index < -0.39 is 0 Å². The number of rotatable bonds is 4. The number of hydrogen-bond acceptors (Lipinski definition) is 5. The summed E-state index contributed by atoms with van der Waals surface area (Å²) in [6.45, 7) is 3.01. The van der Waals surface area contributed by atoms with Crippen LogP contribution in [0.15, 0.2) is 48.8 Å². The van der Waals surface area contributed by atoms with Gasteiger partial charge in [0, 0.05) is 61.3 Å². The molecule has 0 saturated carbocycles. The van der Waals surface area contributed by atoms with Gasteiger partial charge in [0.15, 0.2) is 5.82 Å². The second kappa shape index (κ2) is 8.88. The van der Waals surface area contributed by atoms with Crippen molar-refractivity contribution in [2.75, 3.05) is 18.0 Å². The molecule has 1 atom stereocenters. The van der Waals surface area contributed by atoms with E-state index >= 15 is 0 Å². The Hall–Kier alpha value is -3.22. The van der Waals surface area contributed by atoms with Crippen LogP contribution in [0.1, 0.15) is 48.3 Å². The minimum absolute atomic E-state index is 0.00205. The molecule has 2 aliphatic rings. The fraction of sp³-hybridized carbons (Fsp3) is 0.417. The Balaban J connectivity index is 1.22. The summed E-state index contributed by atoms with van der Waals surface area (Å²) >= 11 is 0. The zero-order valence-corrected chi connectivity index (χ0v) is 17.7. The van der Waals surface area contributed by atoms with Crippen LogP contribution in [0.25, 0.3) is 11.4 Å². The lowest BCUT2D eigenvalue weighted by Gasteiger charge is -2.28. The highest BCUT2D eigenvalue weighted by atomic mass is 16.1. The predicted molar refractivity (Wildman–Crippen MR) is 120 cm³/mol. The molecular formula is C24H28N6O. The summed E-state index contributed by atoms with van der Waals surface area (Å²) in [5.74, 6) is 1.86. The normalized spacial score (nSPS) is 18.8. The highest BCUT2D eigenvalue weighted by Gasteiger charge is 2.22. The van der Waals surface area contributed by atoms with Crippen LogP contribution < -0.4 is 10.2 Å². The van der Waals surface area contributed by atoms with Crippen molar-refractivity contribution in [1.82, 2.24) is 25.1 Å². The van der Waals surface area contributed by atoms with Gasteiger partial charge in [0.25, 0.3) is 5.91 Å². The number of carbonyl (C=O) groups excluding carboxylic acids is 1. The summed E-state index contributed by atoms with van der Waals surface area (Å²) in [4.78, 5) is 19.3. The van der Waals surface area contributed by atoms with Crippen LogP contribution in [0.4, 0.5) is 5.69 Å². The standard InChI is InChI=1S/C24H28N6O/c31-24(19-4-7-21(8-5-19)29-15-2-1-3-16-29)26-20-6-9-22-27-28-23(30(22)17-12-20)18-10-13-25-14-11-18/h4-5,7-8,10-11,13-14,20H,1-3,6,9,12,15-17H2,(H,26,31). The molecule has 31 heavy (non-hydrogen) atoms. The van der Waals surface area contributed by atoms with Crippen molar-refractivity contribution >= 4 is 11.6 Å². The highest BCUT2D eigenvalue weighted by molar-refractivity contribution is 5.94. The molecule has 1 saturated heterocycles. The van der Waals surface area contributed by atoms with Gasteiger partial charge in [-0.1, -0.05) is 0 Å². The number of aromatic nitrogens is 4. The average Bonchev–Trinajstić information content (AvgIpc) is 3.14. The third-order valence-corrected chi connectivity index (χ3v) is 6.37. The second-order valence-corrected chi connectivity index (χ2v) is 8.42. The van der Waals surface area contributed by atoms with Gasteiger partial charge in [0.05, 0.1) is 0 Å². The Morgan fingerprint density at radius 3 is 2.45 bits per heavy atom. The maximum absolute atomic E-state index is 12.8. The molecule has 160 valence electrons. The van der Waals surface area contributed by atoms with Crippen molar-refractivity contribution in [3.63, 3.8) is 0 Å². The van der Waals surface area contributed by atoms with Gasteiger partial charge in [-0.05, 0) is 68.5 Å². The third kappa shape index (κ3) is 4.31. The number of piperidine rings is 1. The summed E-state index contributed by atoms with van der Waals surface area (Å²) in [6.07, 6.45) is 9.89. The second-order valence-electron chi connectivity index (χ2n) is 8.42. The number of aryl methyl sites for hydroxylation is 1. The van der Waals surface area contributed by atoms with Crippen molar-refractivity contribution in [2.45, 2.75) is 51.1 Å². The number of pyridine rings is 1. The first-order valence-corrected chi connectivity index (χ1v) is 11.3. The molecule has 2 aliphatic heterocycles. The summed E-state index contributed by atoms with van der Waals surface area (Å²) in [7, 11) is 0. The fourth-order valence-electron chi connectivity index (χ4n) is 4.59. The summed E-state index contributed by atoms with van der Waals surface area (Å²) in [6, 6.07) is 12.1. The molecule has 0 bridgehead atoms. The zero-order valence-electron chi connectivity index (χ0n) is 17.7. The van der Waals surface area contributed by atoms with Crippen molar-refractivity contribution in [3.8, 4) is 11.4 Å². The van der Waals surface area contributed by atoms with Gasteiger partial charge in [-0.3, -0.25) is 9.78 Å². The first-order chi connectivity index (χ1) is 15.3. The molecule has 4 heterocycles. The highest BCUT2D eigenvalue weighted by Crippen LogP contribution is 2.23. The number of fused-ring (bicyclic) bond motifs is 1. The number of benzene rings is 1. The molecule has 0 aliphatic carbocycles. The molecule has 3 aromatic rings. The fourth-order valence-corrected chi connectivity index (χ4v) is 4.59. The number of amides is 1. The van der Waals surface area contributed by atoms with E-state index in [1.54, 1.807) is 12.4 Å². The molecule has 0 spiro atoms. The molecule has 7 nitrogen and oxygen atoms in total. The monoisotopic (exact) mass is 416 g/mol. The van der Waals surface area contributed by atoms with Gasteiger partial charge in [0.2, 0.25) is 0 Å². The molecule has 0 radical (unpaired) electrons. The molecule has 1 unspecified atom stereocenters. The van der Waals surface area contributed by atoms with Crippen molar-refractivity contribution in [1.29, 1.82) is 0 Å². The molecule has 1 N–H and O–H groups in total. The first kappa shape index (κ1) is 19.7. The Morgan fingerprint density at radius 1 is 0.903 bits per heavy atom. The van der Waals surface area contributed by atoms with Gasteiger partial charge in [-0.25, -0.2) is 0 Å². The van der Waals surface area contributed by atoms with Crippen LogP contribution in [0.2, 0.25) is 0 Å². The third-order valence-electron chi connectivity index (χ3n) is 6.37. The minimum atomic E-state index is 0.00205. The number of carbonyl (C=O) groups is 1. The topological polar surface area (TPSA) is 75.9 Å². The quantitative estimate of drug-likeness (QED) is 0.705. The molecule has 5 rings (SSSR count). The van der Waals surface area contributed by atoms with Gasteiger partial charge in [-0.2, -0.15) is 0 Å². The molecule has 1 amide bonds. The minimum Gasteiger partial charge on any atom is -0.372 e. The predicted octanol–water partition coefficient (Wildman–Crippen LogP) is 3.47. The lowest BCUT2D eigenvalue weighted by Crippen LogP contribution is -2.35. The summed E-state index contributed by atoms with van der Waals surface area (Å²) < 4.78 is 2.18. The first-order valence-electron chi connectivity index (χ1n) is 11.3. The van der Waals surface area contributed by atoms with Gasteiger partial charge >= 0.3 is 0 Å². The largest absolute Gasteiger partial charge is 0.372 e. The molecule has 2 aromatic heterocycles. The van der Waals surface area contributed by atoms with Crippen LogP contribution >= 0.6 is 0 Å². The number of anilines is 1. The van der Waals surface area contributed by atoms with Gasteiger partial charge < -0.3 is 14.8 Å². The van der Waals surface area contributed by atoms with E-state index in [0.717, 1.165) is 61.7 Å². The van der Waals surface area contributed by atoms with E-state index in [-0.39, 0.29) is 11.9 Å². The SMILES string of the molecule is O=C(NC1CCc2nnc(-c3ccncc3)n2CC1)c1ccc(N2CCCCC2)cc1. The van der Waals surface area contributed by atoms with E-state index in [1.807, 2.05) is 24.3 Å². The van der Waals surface area contributed by atoms with Gasteiger partial charge in [-0.15, -0.1) is 10.2 Å². The van der Waals surface area contributed by atoms with Crippen molar-refractivity contribution in [3.05, 3.63) is 60.2 Å². The maximum Gasteiger partial charge on any atom is 0.251 e. The Labute approximate surface area is 182 Å². The molecule has 7 heteroatoms. The van der Waals surface area contributed by atoms with Crippen LogP contribution in [0, 0.1) is 0 Å². The summed E-state index contributed by atoms with van der Waals surface area (Å²) in [5.41, 5.74) is 2.96. The Bertz CT molecular complexity index is 1020. The number of hydrogen-bond donors (Lipinski definition) is 1. The van der Waals surface area contributed by atoms with E-state index in [9.17, 15) is 4.79 Å². The number of nitrogens with one attached hydrogen (secondary N) is 1. The van der Waals surface area contributed by atoms with E-state index in [4.69, 9.17) is 0 Å².